The third kappa shape index (κ3) is 2.65. The van der Waals surface area contributed by atoms with Crippen molar-refractivity contribution in [2.24, 2.45) is 17.8 Å². The molecule has 2 bridgehead atoms. The molecule has 2 fully saturated rings. The summed E-state index contributed by atoms with van der Waals surface area (Å²) in [7, 11) is 0. The number of hydrogen-bond acceptors (Lipinski definition) is 1. The molecule has 0 saturated heterocycles. The Balaban J connectivity index is 1.27. The SMILES string of the molecule is O=C(C[C@H]1C[C@H]2CC[C@H]1C2)NCCc1c[nH]c2ccccc12. The van der Waals surface area contributed by atoms with Crippen LogP contribution in [0.1, 0.15) is 37.7 Å². The highest BCUT2D eigenvalue weighted by Crippen LogP contribution is 2.49. The molecule has 2 aromatic rings. The molecule has 2 saturated carbocycles. The van der Waals surface area contributed by atoms with Gasteiger partial charge in [0, 0.05) is 30.1 Å². The molecule has 4 rings (SSSR count). The second kappa shape index (κ2) is 5.79. The largest absolute Gasteiger partial charge is 0.361 e. The Labute approximate surface area is 131 Å². The first-order chi connectivity index (χ1) is 10.8. The van der Waals surface area contributed by atoms with Crippen molar-refractivity contribution >= 4 is 16.8 Å². The van der Waals surface area contributed by atoms with Crippen molar-refractivity contribution in [2.75, 3.05) is 6.54 Å². The fraction of sp³-hybridized carbons (Fsp3) is 0.526. The van der Waals surface area contributed by atoms with Crippen LogP contribution in [0.2, 0.25) is 0 Å². The Hall–Kier alpha value is -1.77. The number of hydrogen-bond donors (Lipinski definition) is 2. The lowest BCUT2D eigenvalue weighted by Gasteiger charge is -2.20. The predicted octanol–water partition coefficient (Wildman–Crippen LogP) is 3.65. The summed E-state index contributed by atoms with van der Waals surface area (Å²) in [6, 6.07) is 8.33. The van der Waals surface area contributed by atoms with Gasteiger partial charge in [0.25, 0.3) is 0 Å². The van der Waals surface area contributed by atoms with Crippen LogP contribution < -0.4 is 5.32 Å². The van der Waals surface area contributed by atoms with E-state index in [9.17, 15) is 4.79 Å². The smallest absolute Gasteiger partial charge is 0.220 e. The van der Waals surface area contributed by atoms with Gasteiger partial charge in [-0.15, -0.1) is 0 Å². The summed E-state index contributed by atoms with van der Waals surface area (Å²) in [4.78, 5) is 15.4. The molecule has 0 aliphatic heterocycles. The summed E-state index contributed by atoms with van der Waals surface area (Å²) in [5, 5.41) is 4.39. The van der Waals surface area contributed by atoms with Gasteiger partial charge >= 0.3 is 0 Å². The standard InChI is InChI=1S/C19H24N2O/c22-19(11-16-10-13-5-6-14(16)9-13)20-8-7-15-12-21-18-4-2-1-3-17(15)18/h1-4,12-14,16,21H,5-11H2,(H,20,22)/t13-,14-,16+/m0/s1. The molecule has 0 spiro atoms. The molecule has 2 aliphatic carbocycles. The van der Waals surface area contributed by atoms with E-state index < -0.39 is 0 Å². The highest BCUT2D eigenvalue weighted by Gasteiger charge is 2.39. The van der Waals surface area contributed by atoms with Crippen LogP contribution in [0, 0.1) is 17.8 Å². The van der Waals surface area contributed by atoms with Crippen molar-refractivity contribution in [1.82, 2.24) is 10.3 Å². The average molecular weight is 296 g/mol. The van der Waals surface area contributed by atoms with Gasteiger partial charge in [-0.25, -0.2) is 0 Å². The number of nitrogens with one attached hydrogen (secondary N) is 2. The monoisotopic (exact) mass is 296 g/mol. The van der Waals surface area contributed by atoms with Gasteiger partial charge in [-0.1, -0.05) is 24.6 Å². The van der Waals surface area contributed by atoms with Crippen LogP contribution in [0.4, 0.5) is 0 Å². The maximum atomic E-state index is 12.1. The normalized spacial score (nSPS) is 26.6. The summed E-state index contributed by atoms with van der Waals surface area (Å²) in [5.74, 6) is 2.67. The van der Waals surface area contributed by atoms with Crippen molar-refractivity contribution in [3.8, 4) is 0 Å². The van der Waals surface area contributed by atoms with Gasteiger partial charge in [0.05, 0.1) is 0 Å². The second-order valence-corrected chi connectivity index (χ2v) is 7.10. The van der Waals surface area contributed by atoms with Gasteiger partial charge in [0.2, 0.25) is 5.91 Å². The number of amides is 1. The van der Waals surface area contributed by atoms with E-state index >= 15 is 0 Å². The number of aromatic amines is 1. The quantitative estimate of drug-likeness (QED) is 0.869. The molecule has 1 aromatic heterocycles. The molecular weight excluding hydrogens is 272 g/mol. The Morgan fingerprint density at radius 1 is 1.23 bits per heavy atom. The van der Waals surface area contributed by atoms with E-state index in [1.165, 1.54) is 42.1 Å². The van der Waals surface area contributed by atoms with Gasteiger partial charge in [0.1, 0.15) is 0 Å². The van der Waals surface area contributed by atoms with Gasteiger partial charge in [-0.3, -0.25) is 4.79 Å². The molecule has 3 atom stereocenters. The topological polar surface area (TPSA) is 44.9 Å². The fourth-order valence-corrected chi connectivity index (χ4v) is 4.61. The number of carbonyl (C=O) groups is 1. The molecule has 3 nitrogen and oxygen atoms in total. The molecule has 0 unspecified atom stereocenters. The molecular formula is C19H24N2O. The lowest BCUT2D eigenvalue weighted by atomic mass is 9.86. The lowest BCUT2D eigenvalue weighted by Crippen LogP contribution is -2.28. The molecule has 1 aromatic carbocycles. The van der Waals surface area contributed by atoms with Gasteiger partial charge < -0.3 is 10.3 Å². The van der Waals surface area contributed by atoms with Crippen molar-refractivity contribution in [1.29, 1.82) is 0 Å². The minimum Gasteiger partial charge on any atom is -0.361 e. The molecule has 116 valence electrons. The van der Waals surface area contributed by atoms with E-state index in [2.05, 4.69) is 34.7 Å². The van der Waals surface area contributed by atoms with Crippen LogP contribution in [0.5, 0.6) is 0 Å². The summed E-state index contributed by atoms with van der Waals surface area (Å²) < 4.78 is 0. The van der Waals surface area contributed by atoms with Crippen LogP contribution >= 0.6 is 0 Å². The van der Waals surface area contributed by atoms with E-state index in [0.29, 0.717) is 5.92 Å². The molecule has 2 N–H and O–H groups in total. The van der Waals surface area contributed by atoms with E-state index in [1.54, 1.807) is 0 Å². The van der Waals surface area contributed by atoms with Crippen molar-refractivity contribution < 1.29 is 4.79 Å². The number of H-pyrrole nitrogens is 1. The first-order valence-corrected chi connectivity index (χ1v) is 8.61. The lowest BCUT2D eigenvalue weighted by molar-refractivity contribution is -0.122. The van der Waals surface area contributed by atoms with E-state index in [0.717, 1.165) is 31.2 Å². The zero-order valence-corrected chi connectivity index (χ0v) is 13.0. The number of carbonyl (C=O) groups excluding carboxylic acids is 1. The van der Waals surface area contributed by atoms with Crippen LogP contribution in [0.3, 0.4) is 0 Å². The van der Waals surface area contributed by atoms with E-state index in [-0.39, 0.29) is 5.91 Å². The number of aromatic nitrogens is 1. The van der Waals surface area contributed by atoms with Crippen LogP contribution in [0.25, 0.3) is 10.9 Å². The Bertz CT molecular complexity index is 675. The van der Waals surface area contributed by atoms with Gasteiger partial charge in [0.15, 0.2) is 0 Å². The predicted molar refractivity (Wildman–Crippen MR) is 88.6 cm³/mol. The number of rotatable bonds is 5. The molecule has 22 heavy (non-hydrogen) atoms. The Kier molecular flexibility index (Phi) is 3.65. The van der Waals surface area contributed by atoms with Crippen LogP contribution in [0.15, 0.2) is 30.5 Å². The molecule has 3 heteroatoms. The van der Waals surface area contributed by atoms with Crippen molar-refractivity contribution in [3.05, 3.63) is 36.0 Å². The van der Waals surface area contributed by atoms with Gasteiger partial charge in [-0.2, -0.15) is 0 Å². The fourth-order valence-electron chi connectivity index (χ4n) is 4.61. The molecule has 1 amide bonds. The van der Waals surface area contributed by atoms with Gasteiger partial charge in [-0.05, 0) is 55.1 Å². The Morgan fingerprint density at radius 3 is 2.95 bits per heavy atom. The van der Waals surface area contributed by atoms with Crippen LogP contribution in [-0.4, -0.2) is 17.4 Å². The Morgan fingerprint density at radius 2 is 2.14 bits per heavy atom. The van der Waals surface area contributed by atoms with E-state index in [1.807, 2.05) is 6.07 Å². The molecule has 1 heterocycles. The van der Waals surface area contributed by atoms with Crippen molar-refractivity contribution in [2.45, 2.75) is 38.5 Å². The zero-order chi connectivity index (χ0) is 14.9. The number of benzene rings is 1. The van der Waals surface area contributed by atoms with Crippen LogP contribution in [-0.2, 0) is 11.2 Å². The third-order valence-electron chi connectivity index (χ3n) is 5.72. The van der Waals surface area contributed by atoms with E-state index in [4.69, 9.17) is 0 Å². The maximum absolute atomic E-state index is 12.1. The number of para-hydroxylation sites is 1. The summed E-state index contributed by atoms with van der Waals surface area (Å²) in [6.45, 7) is 0.738. The summed E-state index contributed by atoms with van der Waals surface area (Å²) in [6.07, 6.45) is 9.14. The average Bonchev–Trinajstić information content (AvgIpc) is 3.23. The summed E-state index contributed by atoms with van der Waals surface area (Å²) >= 11 is 0. The number of fused-ring (bicyclic) bond motifs is 3. The second-order valence-electron chi connectivity index (χ2n) is 7.10. The highest BCUT2D eigenvalue weighted by atomic mass is 16.1. The van der Waals surface area contributed by atoms with Crippen molar-refractivity contribution in [3.63, 3.8) is 0 Å². The third-order valence-corrected chi connectivity index (χ3v) is 5.72. The first-order valence-electron chi connectivity index (χ1n) is 8.61. The minimum atomic E-state index is 0.248. The summed E-state index contributed by atoms with van der Waals surface area (Å²) in [5.41, 5.74) is 2.46. The maximum Gasteiger partial charge on any atom is 0.220 e. The zero-order valence-electron chi connectivity index (χ0n) is 13.0. The first kappa shape index (κ1) is 13.9. The minimum absolute atomic E-state index is 0.248. The molecule has 2 aliphatic rings. The highest BCUT2D eigenvalue weighted by molar-refractivity contribution is 5.83. The molecule has 0 radical (unpaired) electrons.